The van der Waals surface area contributed by atoms with E-state index >= 15 is 0 Å². The largest absolute Gasteiger partial charge is 0.308 e. The minimum absolute atomic E-state index is 0.0998. The molecule has 1 aliphatic rings. The van der Waals surface area contributed by atoms with Crippen LogP contribution in [0.4, 0.5) is 5.69 Å². The second kappa shape index (κ2) is 5.93. The Balaban J connectivity index is 2.01. The van der Waals surface area contributed by atoms with Crippen LogP contribution in [0, 0.1) is 6.92 Å². The molecule has 2 aromatic carbocycles. The summed E-state index contributed by atoms with van der Waals surface area (Å²) < 4.78 is 0. The van der Waals surface area contributed by atoms with Gasteiger partial charge >= 0.3 is 0 Å². The second-order valence-electron chi connectivity index (χ2n) is 6.10. The van der Waals surface area contributed by atoms with Gasteiger partial charge in [-0.25, -0.2) is 0 Å². The number of carbonyl (C=O) groups is 1. The van der Waals surface area contributed by atoms with Crippen molar-refractivity contribution in [2.45, 2.75) is 19.4 Å². The van der Waals surface area contributed by atoms with E-state index in [-0.39, 0.29) is 5.91 Å². The summed E-state index contributed by atoms with van der Waals surface area (Å²) in [5, 5.41) is 0. The summed E-state index contributed by atoms with van der Waals surface area (Å²) in [6.07, 6.45) is 0.960. The quantitative estimate of drug-likeness (QED) is 0.844. The lowest BCUT2D eigenvalue weighted by atomic mass is 9.94. The summed E-state index contributed by atoms with van der Waals surface area (Å²) in [6.45, 7) is 2.75. The molecule has 1 atom stereocenters. The van der Waals surface area contributed by atoms with Crippen LogP contribution in [-0.2, 0) is 0 Å². The van der Waals surface area contributed by atoms with Crippen LogP contribution in [-0.4, -0.2) is 31.4 Å². The van der Waals surface area contributed by atoms with Crippen LogP contribution < -0.4 is 4.90 Å². The predicted octanol–water partition coefficient (Wildman–Crippen LogP) is 3.65. The second-order valence-corrected chi connectivity index (χ2v) is 6.10. The Kier molecular flexibility index (Phi) is 3.99. The Bertz CT molecular complexity index is 693. The number of fused-ring (bicyclic) bond motifs is 1. The fourth-order valence-corrected chi connectivity index (χ4v) is 3.25. The van der Waals surface area contributed by atoms with E-state index in [1.807, 2.05) is 42.2 Å². The number of hydrogen-bond donors (Lipinski definition) is 0. The third-order valence-electron chi connectivity index (χ3n) is 4.46. The first-order valence-electron chi connectivity index (χ1n) is 7.72. The number of nitrogens with zero attached hydrogens (tertiary/aromatic N) is 2. The van der Waals surface area contributed by atoms with E-state index in [0.29, 0.717) is 6.04 Å². The average Bonchev–Trinajstić information content (AvgIpc) is 2.53. The maximum Gasteiger partial charge on any atom is 0.258 e. The maximum atomic E-state index is 13.0. The molecule has 3 rings (SSSR count). The van der Waals surface area contributed by atoms with Gasteiger partial charge in [0, 0.05) is 23.8 Å². The van der Waals surface area contributed by atoms with E-state index in [2.05, 4.69) is 37.2 Å². The maximum absolute atomic E-state index is 13.0. The molecule has 1 heterocycles. The van der Waals surface area contributed by atoms with E-state index in [1.54, 1.807) is 0 Å². The highest BCUT2D eigenvalue weighted by molar-refractivity contribution is 6.07. The van der Waals surface area contributed by atoms with Gasteiger partial charge in [-0.05, 0) is 50.7 Å². The van der Waals surface area contributed by atoms with Crippen LogP contribution in [0.1, 0.15) is 33.9 Å². The number of aryl methyl sites for hydroxylation is 1. The zero-order valence-electron chi connectivity index (χ0n) is 13.4. The Morgan fingerprint density at radius 3 is 2.50 bits per heavy atom. The van der Waals surface area contributed by atoms with Crippen molar-refractivity contribution < 1.29 is 4.79 Å². The topological polar surface area (TPSA) is 23.6 Å². The number of amides is 1. The molecule has 0 saturated carbocycles. The molecule has 1 amide bonds. The van der Waals surface area contributed by atoms with Crippen LogP contribution in [0.25, 0.3) is 0 Å². The molecule has 0 N–H and O–H groups in total. The van der Waals surface area contributed by atoms with Crippen molar-refractivity contribution in [1.82, 2.24) is 4.90 Å². The molecule has 0 saturated heterocycles. The number of rotatable bonds is 2. The van der Waals surface area contributed by atoms with Crippen LogP contribution in [0.3, 0.4) is 0 Å². The molecule has 0 aliphatic carbocycles. The molecule has 0 radical (unpaired) electrons. The highest BCUT2D eigenvalue weighted by atomic mass is 16.2. The fourth-order valence-electron chi connectivity index (χ4n) is 3.25. The fraction of sp³-hybridized carbons (Fsp3) is 0.316. The van der Waals surface area contributed by atoms with Gasteiger partial charge in [0.2, 0.25) is 0 Å². The Morgan fingerprint density at radius 1 is 1.09 bits per heavy atom. The molecule has 3 heteroatoms. The van der Waals surface area contributed by atoms with E-state index in [4.69, 9.17) is 0 Å². The Hall–Kier alpha value is -2.13. The first kappa shape index (κ1) is 14.8. The first-order valence-corrected chi connectivity index (χ1v) is 7.72. The summed E-state index contributed by atoms with van der Waals surface area (Å²) in [5.74, 6) is 0.0998. The normalized spacial score (nSPS) is 17.5. The number of benzene rings is 2. The first-order chi connectivity index (χ1) is 10.6. The minimum Gasteiger partial charge on any atom is -0.308 e. The van der Waals surface area contributed by atoms with Gasteiger partial charge < -0.3 is 9.80 Å². The lowest BCUT2D eigenvalue weighted by Gasteiger charge is -2.37. The van der Waals surface area contributed by atoms with Gasteiger partial charge in [0.05, 0.1) is 0 Å². The van der Waals surface area contributed by atoms with Crippen molar-refractivity contribution in [3.8, 4) is 0 Å². The lowest BCUT2D eigenvalue weighted by Crippen LogP contribution is -2.39. The van der Waals surface area contributed by atoms with Crippen molar-refractivity contribution >= 4 is 11.6 Å². The summed E-state index contributed by atoms with van der Waals surface area (Å²) in [6, 6.07) is 16.4. The van der Waals surface area contributed by atoms with Gasteiger partial charge in [0.1, 0.15) is 0 Å². The average molecular weight is 294 g/mol. The van der Waals surface area contributed by atoms with Crippen LogP contribution in [0.5, 0.6) is 0 Å². The number of anilines is 1. The minimum atomic E-state index is 0.0998. The van der Waals surface area contributed by atoms with Gasteiger partial charge in [-0.15, -0.1) is 0 Å². The van der Waals surface area contributed by atoms with Crippen molar-refractivity contribution in [3.63, 3.8) is 0 Å². The van der Waals surface area contributed by atoms with Crippen LogP contribution in [0.2, 0.25) is 0 Å². The number of hydrogen-bond acceptors (Lipinski definition) is 2. The van der Waals surface area contributed by atoms with Crippen molar-refractivity contribution in [2.75, 3.05) is 25.5 Å². The zero-order chi connectivity index (χ0) is 15.7. The molecular weight excluding hydrogens is 272 g/mol. The van der Waals surface area contributed by atoms with Crippen molar-refractivity contribution in [2.24, 2.45) is 0 Å². The molecular formula is C19H22N2O. The molecule has 0 aromatic heterocycles. The van der Waals surface area contributed by atoms with Gasteiger partial charge in [-0.3, -0.25) is 4.79 Å². The zero-order valence-corrected chi connectivity index (χ0v) is 13.4. The number of para-hydroxylation sites is 1. The molecule has 0 bridgehead atoms. The number of carbonyl (C=O) groups excluding carboxylic acids is 1. The van der Waals surface area contributed by atoms with E-state index < -0.39 is 0 Å². The summed E-state index contributed by atoms with van der Waals surface area (Å²) in [5.41, 5.74) is 4.10. The molecule has 3 nitrogen and oxygen atoms in total. The van der Waals surface area contributed by atoms with E-state index in [0.717, 1.165) is 29.8 Å². The summed E-state index contributed by atoms with van der Waals surface area (Å²) in [4.78, 5) is 17.1. The standard InChI is InChI=1S/C19H22N2O/c1-14-8-4-5-9-15(14)19(22)21-13-12-17(20(2)3)16-10-6-7-11-18(16)21/h4-11,17H,12-13H2,1-3H3. The monoisotopic (exact) mass is 294 g/mol. The van der Waals surface area contributed by atoms with Crippen LogP contribution in [0.15, 0.2) is 48.5 Å². The molecule has 22 heavy (non-hydrogen) atoms. The van der Waals surface area contributed by atoms with Gasteiger partial charge in [-0.1, -0.05) is 36.4 Å². The third kappa shape index (κ3) is 2.53. The summed E-state index contributed by atoms with van der Waals surface area (Å²) >= 11 is 0. The van der Waals surface area contributed by atoms with E-state index in [1.165, 1.54) is 5.56 Å². The molecule has 2 aromatic rings. The highest BCUT2D eigenvalue weighted by Gasteiger charge is 2.30. The Morgan fingerprint density at radius 2 is 1.77 bits per heavy atom. The van der Waals surface area contributed by atoms with Crippen LogP contribution >= 0.6 is 0 Å². The molecule has 1 aliphatic heterocycles. The third-order valence-corrected chi connectivity index (χ3v) is 4.46. The summed E-state index contributed by atoms with van der Waals surface area (Å²) in [7, 11) is 4.19. The molecule has 0 fully saturated rings. The van der Waals surface area contributed by atoms with Gasteiger partial charge in [0.15, 0.2) is 0 Å². The Labute approximate surface area is 132 Å². The molecule has 0 spiro atoms. The van der Waals surface area contributed by atoms with Gasteiger partial charge in [0.25, 0.3) is 5.91 Å². The van der Waals surface area contributed by atoms with Gasteiger partial charge in [-0.2, -0.15) is 0 Å². The molecule has 114 valence electrons. The van der Waals surface area contributed by atoms with Crippen molar-refractivity contribution in [1.29, 1.82) is 0 Å². The molecule has 1 unspecified atom stereocenters. The van der Waals surface area contributed by atoms with E-state index in [9.17, 15) is 4.79 Å². The van der Waals surface area contributed by atoms with Crippen molar-refractivity contribution in [3.05, 3.63) is 65.2 Å². The predicted molar refractivity (Wildman–Crippen MR) is 90.3 cm³/mol. The highest BCUT2D eigenvalue weighted by Crippen LogP contribution is 2.37. The SMILES string of the molecule is Cc1ccccc1C(=O)N1CCC(N(C)C)c2ccccc21. The smallest absolute Gasteiger partial charge is 0.258 e. The lowest BCUT2D eigenvalue weighted by molar-refractivity contribution is 0.0980.